The van der Waals surface area contributed by atoms with E-state index in [-0.39, 0.29) is 30.8 Å². The molecule has 7 nitrogen and oxygen atoms in total. The summed E-state index contributed by atoms with van der Waals surface area (Å²) >= 11 is 0. The highest BCUT2D eigenvalue weighted by Crippen LogP contribution is 2.31. The number of methoxy groups -OCH3 is 2. The Morgan fingerprint density at radius 3 is 2.42 bits per heavy atom. The average Bonchev–Trinajstić information content (AvgIpc) is 2.70. The minimum Gasteiger partial charge on any atom is -0.493 e. The van der Waals surface area contributed by atoms with E-state index in [0.29, 0.717) is 31.3 Å². The van der Waals surface area contributed by atoms with Crippen LogP contribution in [0.3, 0.4) is 0 Å². The fourth-order valence-corrected chi connectivity index (χ4v) is 3.29. The third-order valence-corrected chi connectivity index (χ3v) is 5.49. The summed E-state index contributed by atoms with van der Waals surface area (Å²) in [5.74, 6) is 2.02. The lowest BCUT2D eigenvalue weighted by Crippen LogP contribution is -2.45. The molecule has 0 saturated carbocycles. The summed E-state index contributed by atoms with van der Waals surface area (Å²) in [6.07, 6.45) is 1.54. The number of hydrogen-bond donors (Lipinski definition) is 2. The molecule has 0 aliphatic carbocycles. The molecular formula is C23H41ClN2O5. The molecule has 0 bridgehead atoms. The van der Waals surface area contributed by atoms with E-state index in [9.17, 15) is 9.90 Å². The Morgan fingerprint density at radius 2 is 1.87 bits per heavy atom. The van der Waals surface area contributed by atoms with Gasteiger partial charge in [-0.2, -0.15) is 0 Å². The minimum atomic E-state index is -0.754. The highest BCUT2D eigenvalue weighted by Gasteiger charge is 2.24. The van der Waals surface area contributed by atoms with Gasteiger partial charge in [-0.05, 0) is 42.4 Å². The molecule has 8 heteroatoms. The summed E-state index contributed by atoms with van der Waals surface area (Å²) in [7, 11) is 4.98. The Kier molecular flexibility index (Phi) is 14.5. The van der Waals surface area contributed by atoms with Crippen LogP contribution in [0.25, 0.3) is 0 Å². The maximum Gasteiger partial charge on any atom is 0.219 e. The van der Waals surface area contributed by atoms with Crippen LogP contribution in [-0.4, -0.2) is 69.1 Å². The number of aliphatic hydroxyl groups excluding tert-OH is 1. The normalized spacial score (nSPS) is 13.8. The molecule has 0 heterocycles. The first-order valence-corrected chi connectivity index (χ1v) is 10.6. The van der Waals surface area contributed by atoms with Crippen LogP contribution in [0, 0.1) is 11.8 Å². The van der Waals surface area contributed by atoms with Crippen molar-refractivity contribution in [1.29, 1.82) is 0 Å². The molecule has 0 aliphatic rings. The number of carbonyl (C=O) groups is 1. The number of likely N-dealkylation sites (N-methyl/N-ethyl adjacent to an activating group) is 1. The molecule has 0 aromatic heterocycles. The van der Waals surface area contributed by atoms with Gasteiger partial charge in [0, 0.05) is 46.7 Å². The largest absolute Gasteiger partial charge is 0.493 e. The zero-order valence-electron chi connectivity index (χ0n) is 19.8. The average molecular weight is 461 g/mol. The van der Waals surface area contributed by atoms with Gasteiger partial charge in [-0.15, -0.1) is 12.4 Å². The molecule has 1 rings (SSSR count). The molecule has 0 spiro atoms. The summed E-state index contributed by atoms with van der Waals surface area (Å²) in [4.78, 5) is 12.9. The van der Waals surface area contributed by atoms with Gasteiger partial charge < -0.3 is 30.0 Å². The van der Waals surface area contributed by atoms with Gasteiger partial charge in [0.05, 0.1) is 19.8 Å². The number of halogens is 1. The van der Waals surface area contributed by atoms with Gasteiger partial charge in [0.25, 0.3) is 0 Å². The van der Waals surface area contributed by atoms with Crippen molar-refractivity contribution in [2.24, 2.45) is 17.6 Å². The topological polar surface area (TPSA) is 94.3 Å². The first-order valence-electron chi connectivity index (χ1n) is 10.6. The zero-order chi connectivity index (χ0) is 22.7. The molecule has 1 aromatic rings. The Morgan fingerprint density at radius 1 is 1.19 bits per heavy atom. The molecule has 1 amide bonds. The summed E-state index contributed by atoms with van der Waals surface area (Å²) in [5.41, 5.74) is 7.42. The van der Waals surface area contributed by atoms with E-state index >= 15 is 0 Å². The molecular weight excluding hydrogens is 420 g/mol. The number of nitrogens with zero attached hydrogens (tertiary/aromatic N) is 1. The fraction of sp³-hybridized carbons (Fsp3) is 0.696. The number of hydrogen-bond acceptors (Lipinski definition) is 6. The molecule has 0 fully saturated rings. The molecule has 1 aromatic carbocycles. The molecule has 0 saturated heterocycles. The second-order valence-electron chi connectivity index (χ2n) is 8.25. The lowest BCUT2D eigenvalue weighted by atomic mass is 9.83. The van der Waals surface area contributed by atoms with Crippen LogP contribution in [0.4, 0.5) is 0 Å². The Labute approximate surface area is 193 Å². The maximum atomic E-state index is 11.4. The van der Waals surface area contributed by atoms with Crippen LogP contribution in [0.2, 0.25) is 0 Å². The summed E-state index contributed by atoms with van der Waals surface area (Å²) in [5, 5.41) is 10.4. The molecule has 3 unspecified atom stereocenters. The molecule has 31 heavy (non-hydrogen) atoms. The van der Waals surface area contributed by atoms with Gasteiger partial charge >= 0.3 is 0 Å². The van der Waals surface area contributed by atoms with Gasteiger partial charge in [-0.25, -0.2) is 0 Å². The summed E-state index contributed by atoms with van der Waals surface area (Å²) in [6, 6.07) is 5.59. The van der Waals surface area contributed by atoms with Crippen LogP contribution in [0.5, 0.6) is 11.5 Å². The number of nitrogens with two attached hydrogens (primary N) is 1. The SMILES string of the molecule is COCCCOc1cc(CC(CC(N)C(O)CN(C)C(C)=O)C(C)C)ccc1OC.Cl. The Hall–Kier alpha value is -1.54. The molecule has 3 N–H and O–H groups in total. The van der Waals surface area contributed by atoms with Crippen molar-refractivity contribution in [1.82, 2.24) is 4.90 Å². The lowest BCUT2D eigenvalue weighted by molar-refractivity contribution is -0.129. The fourth-order valence-electron chi connectivity index (χ4n) is 3.29. The van der Waals surface area contributed by atoms with E-state index < -0.39 is 12.1 Å². The number of ether oxygens (including phenoxy) is 3. The van der Waals surface area contributed by atoms with Crippen molar-refractivity contribution in [3.8, 4) is 11.5 Å². The Balaban J connectivity index is 0.00000900. The third-order valence-electron chi connectivity index (χ3n) is 5.49. The second kappa shape index (κ2) is 15.3. The maximum absolute atomic E-state index is 11.4. The minimum absolute atomic E-state index is 0. The third kappa shape index (κ3) is 10.5. The van der Waals surface area contributed by atoms with E-state index in [1.165, 1.54) is 11.8 Å². The highest BCUT2D eigenvalue weighted by atomic mass is 35.5. The summed E-state index contributed by atoms with van der Waals surface area (Å²) < 4.78 is 16.4. The molecule has 0 radical (unpaired) electrons. The van der Waals surface area contributed by atoms with E-state index in [1.807, 2.05) is 18.2 Å². The highest BCUT2D eigenvalue weighted by molar-refractivity contribution is 5.85. The predicted molar refractivity (Wildman–Crippen MR) is 126 cm³/mol. The van der Waals surface area contributed by atoms with E-state index in [0.717, 1.165) is 24.2 Å². The van der Waals surface area contributed by atoms with Crippen molar-refractivity contribution in [3.05, 3.63) is 23.8 Å². The van der Waals surface area contributed by atoms with Crippen molar-refractivity contribution in [3.63, 3.8) is 0 Å². The van der Waals surface area contributed by atoms with Gasteiger partial charge in [0.2, 0.25) is 5.91 Å². The van der Waals surface area contributed by atoms with Gasteiger partial charge in [0.15, 0.2) is 11.5 Å². The smallest absolute Gasteiger partial charge is 0.219 e. The van der Waals surface area contributed by atoms with E-state index in [2.05, 4.69) is 13.8 Å². The quantitative estimate of drug-likeness (QED) is 0.414. The van der Waals surface area contributed by atoms with Crippen LogP contribution in [-0.2, 0) is 16.0 Å². The van der Waals surface area contributed by atoms with Gasteiger partial charge in [-0.1, -0.05) is 19.9 Å². The molecule has 3 atom stereocenters. The summed E-state index contributed by atoms with van der Waals surface area (Å²) in [6.45, 7) is 7.25. The Bertz CT molecular complexity index is 644. The lowest BCUT2D eigenvalue weighted by Gasteiger charge is -2.29. The number of amides is 1. The zero-order valence-corrected chi connectivity index (χ0v) is 20.6. The van der Waals surface area contributed by atoms with Crippen LogP contribution in [0.1, 0.15) is 39.2 Å². The van der Waals surface area contributed by atoms with Crippen molar-refractivity contribution < 1.29 is 24.1 Å². The van der Waals surface area contributed by atoms with Crippen LogP contribution in [0.15, 0.2) is 18.2 Å². The van der Waals surface area contributed by atoms with Crippen molar-refractivity contribution >= 4 is 18.3 Å². The number of benzene rings is 1. The first-order chi connectivity index (χ1) is 14.2. The van der Waals surface area contributed by atoms with Crippen LogP contribution < -0.4 is 15.2 Å². The van der Waals surface area contributed by atoms with E-state index in [1.54, 1.807) is 21.3 Å². The molecule has 180 valence electrons. The number of aliphatic hydroxyl groups is 1. The van der Waals surface area contributed by atoms with Gasteiger partial charge in [-0.3, -0.25) is 4.79 Å². The van der Waals surface area contributed by atoms with Crippen LogP contribution >= 0.6 is 12.4 Å². The van der Waals surface area contributed by atoms with Gasteiger partial charge in [0.1, 0.15) is 0 Å². The standard InChI is InChI=1S/C23H40N2O5.ClH/c1-16(2)19(14-20(24)21(27)15-25(4)17(3)26)12-18-8-9-22(29-6)23(13-18)30-11-7-10-28-5;/h8-9,13,16,19-21,27H,7,10-12,14-15,24H2,1-6H3;1H. The van der Waals surface area contributed by atoms with Crippen molar-refractivity contribution in [2.45, 2.75) is 52.2 Å². The second-order valence-corrected chi connectivity index (χ2v) is 8.25. The van der Waals surface area contributed by atoms with E-state index in [4.69, 9.17) is 19.9 Å². The first kappa shape index (κ1) is 29.5. The number of carbonyl (C=O) groups excluding carboxylic acids is 1. The molecule has 0 aliphatic heterocycles. The monoisotopic (exact) mass is 460 g/mol. The van der Waals surface area contributed by atoms with Crippen molar-refractivity contribution in [2.75, 3.05) is 41.0 Å². The predicted octanol–water partition coefficient (Wildman–Crippen LogP) is 2.90. The number of rotatable bonds is 14.